The minimum Gasteiger partial charge on any atom is -0.493 e. The summed E-state index contributed by atoms with van der Waals surface area (Å²) in [4.78, 5) is 119. The molecular formula is C71H82ClN9O14. The Balaban J connectivity index is 0.000000342. The number of fused-ring (bicyclic) bond motifs is 4. The van der Waals surface area contributed by atoms with E-state index in [2.05, 4.69) is 38.3 Å². The number of hydrogen-bond donors (Lipinski definition) is 3. The van der Waals surface area contributed by atoms with E-state index in [1.165, 1.54) is 9.80 Å². The van der Waals surface area contributed by atoms with Crippen LogP contribution in [0.25, 0.3) is 32.8 Å². The third-order valence-corrected chi connectivity index (χ3v) is 17.7. The molecule has 0 spiro atoms. The number of amides is 7. The van der Waals surface area contributed by atoms with Crippen molar-refractivity contribution >= 4 is 86.6 Å². The van der Waals surface area contributed by atoms with Crippen molar-refractivity contribution in [3.8, 4) is 28.4 Å². The number of imide groups is 2. The molecule has 7 amide bonds. The summed E-state index contributed by atoms with van der Waals surface area (Å²) >= 11 is 7.21. The zero-order valence-corrected chi connectivity index (χ0v) is 54.9. The maximum atomic E-state index is 14.6. The van der Waals surface area contributed by atoms with Crippen LogP contribution in [0.3, 0.4) is 0 Å². The van der Waals surface area contributed by atoms with Gasteiger partial charge in [0.15, 0.2) is 13.2 Å². The number of hydrogen-bond acceptors (Lipinski definition) is 15. The fourth-order valence-electron chi connectivity index (χ4n) is 12.9. The number of nitrogens with zero attached hydrogens (tertiary/aromatic N) is 7. The molecule has 7 heterocycles. The molecule has 2 atom stereocenters. The molecule has 3 N–H and O–H groups in total. The van der Waals surface area contributed by atoms with E-state index in [1.807, 2.05) is 96.6 Å². The quantitative estimate of drug-likeness (QED) is 0.0411. The number of aryl methyl sites for hydroxylation is 3. The first kappa shape index (κ1) is 69.7. The van der Waals surface area contributed by atoms with Crippen molar-refractivity contribution in [2.24, 2.45) is 7.05 Å². The molecule has 3 saturated heterocycles. The summed E-state index contributed by atoms with van der Waals surface area (Å²) in [6.45, 7) is 16.7. The average Bonchev–Trinajstić information content (AvgIpc) is 1.59. The van der Waals surface area contributed by atoms with Crippen LogP contribution in [0.4, 0.5) is 0 Å². The van der Waals surface area contributed by atoms with Crippen LogP contribution in [0.5, 0.6) is 17.2 Å². The number of esters is 1. The second-order valence-electron chi connectivity index (χ2n) is 24.5. The standard InChI is InChI=1S/C53H58ClN7O8.C15H14N2O6.C2H6.CH4/c1-32-46(33(2)57(6)56-32)47-40(54)20-19-37-36(16-11-29-67-42-17-9-13-34-12-7-8-14-35(34)42)49(52(66)69-53(3,4)5)60(48(37)47)28-25-58-23-26-59(27-24-58)45(63)31-68-43-18-10-15-38-39(43)30-61(51(38)65)41-21-22-44(62)55-50(41)64;18-12-5-4-10(14(21)16-12)17-6-9-8(15(17)22)2-1-3-11(9)23-7-13(19)20;1-2;/h7-10,12-15,17-20,41H,11,16,21-31H2,1-6H3,(H,55,62,64);1-3,10H,4-7H2,(H,19,20)(H,16,18,21);1-2H3;1H4. The molecule has 5 aliphatic heterocycles. The van der Waals surface area contributed by atoms with Crippen LogP contribution in [0.1, 0.15) is 133 Å². The molecule has 0 saturated carbocycles. The summed E-state index contributed by atoms with van der Waals surface area (Å²) in [6, 6.07) is 26.6. The molecule has 0 radical (unpaired) electrons. The first-order valence-electron chi connectivity index (χ1n) is 31.7. The largest absolute Gasteiger partial charge is 0.493 e. The van der Waals surface area contributed by atoms with E-state index in [0.717, 1.165) is 55.5 Å². The molecule has 23 nitrogen and oxygen atoms in total. The van der Waals surface area contributed by atoms with Crippen molar-refractivity contribution in [3.05, 3.63) is 141 Å². The molecule has 24 heteroatoms. The van der Waals surface area contributed by atoms with Crippen LogP contribution in [0, 0.1) is 13.8 Å². The minimum absolute atomic E-state index is 0. The highest BCUT2D eigenvalue weighted by atomic mass is 35.5. The Morgan fingerprint density at radius 2 is 1.23 bits per heavy atom. The van der Waals surface area contributed by atoms with E-state index in [-0.39, 0.29) is 82.3 Å². The molecule has 2 unspecified atom stereocenters. The maximum Gasteiger partial charge on any atom is 0.355 e. The fourth-order valence-corrected chi connectivity index (χ4v) is 13.1. The van der Waals surface area contributed by atoms with Crippen LogP contribution < -0.4 is 24.8 Å². The van der Waals surface area contributed by atoms with Crippen molar-refractivity contribution in [1.82, 2.24) is 44.6 Å². The second-order valence-corrected chi connectivity index (χ2v) is 24.9. The Hall–Kier alpha value is -9.61. The summed E-state index contributed by atoms with van der Waals surface area (Å²) in [5.74, 6) is -2.49. The lowest BCUT2D eigenvalue weighted by atomic mass is 9.98. The van der Waals surface area contributed by atoms with Gasteiger partial charge in [0.25, 0.3) is 17.7 Å². The van der Waals surface area contributed by atoms with Gasteiger partial charge in [-0.25, -0.2) is 9.59 Å². The molecule has 12 rings (SSSR count). The van der Waals surface area contributed by atoms with Gasteiger partial charge in [-0.1, -0.05) is 87.5 Å². The molecule has 0 bridgehead atoms. The highest BCUT2D eigenvalue weighted by Gasteiger charge is 2.42. The first-order chi connectivity index (χ1) is 45.0. The van der Waals surface area contributed by atoms with Gasteiger partial charge >= 0.3 is 11.9 Å². The van der Waals surface area contributed by atoms with E-state index in [4.69, 9.17) is 40.8 Å². The number of aromatic nitrogens is 3. The summed E-state index contributed by atoms with van der Waals surface area (Å²) in [5.41, 5.74) is 6.91. The molecule has 3 fully saturated rings. The van der Waals surface area contributed by atoms with Gasteiger partial charge in [0.1, 0.15) is 40.6 Å². The second kappa shape index (κ2) is 29.8. The molecular weight excluding hydrogens is 1240 g/mol. The number of piperidine rings is 2. The SMILES string of the molecule is C.CC.Cc1nn(C)c(C)c1-c1c(Cl)ccc2c(CCCOc3cccc4ccccc34)c(C(=O)OC(C)(C)C)n(CCN3CCN(C(=O)COc4cccc5c4CN(C4CCC(=O)NC4=O)C5=O)CC3)c12.O=C(O)COc1cccc2c1CN(C1CCC(=O)NC1=O)C2=O. The van der Waals surface area contributed by atoms with Gasteiger partial charge in [-0.2, -0.15) is 5.10 Å². The Bertz CT molecular complexity index is 4140. The summed E-state index contributed by atoms with van der Waals surface area (Å²) < 4.78 is 27.8. The zero-order valence-electron chi connectivity index (χ0n) is 54.1. The van der Waals surface area contributed by atoms with Gasteiger partial charge in [0.05, 0.1) is 35.9 Å². The number of nitrogens with one attached hydrogen (secondary N) is 2. The van der Waals surface area contributed by atoms with E-state index >= 15 is 0 Å². The maximum absolute atomic E-state index is 14.6. The normalized spacial score (nSPS) is 17.0. The summed E-state index contributed by atoms with van der Waals surface area (Å²) in [6.07, 6.45) is 2.03. The van der Waals surface area contributed by atoms with E-state index in [9.17, 15) is 43.2 Å². The molecule has 502 valence electrons. The minimum atomic E-state index is -1.12. The van der Waals surface area contributed by atoms with Crippen molar-refractivity contribution in [2.45, 2.75) is 132 Å². The van der Waals surface area contributed by atoms with Crippen LogP contribution in [0.2, 0.25) is 5.02 Å². The molecule has 95 heavy (non-hydrogen) atoms. The fraction of sp³-hybridized carbons (Fsp3) is 0.408. The van der Waals surface area contributed by atoms with Crippen LogP contribution in [0.15, 0.2) is 91.0 Å². The van der Waals surface area contributed by atoms with Gasteiger partial charge in [0.2, 0.25) is 23.6 Å². The molecule has 5 aliphatic rings. The number of aliphatic carboxylic acids is 1. The lowest BCUT2D eigenvalue weighted by Crippen LogP contribution is -2.52. The predicted molar refractivity (Wildman–Crippen MR) is 356 cm³/mol. The van der Waals surface area contributed by atoms with Crippen molar-refractivity contribution in [2.75, 3.05) is 52.5 Å². The molecule has 0 aliphatic carbocycles. The Morgan fingerprint density at radius 1 is 0.674 bits per heavy atom. The van der Waals surface area contributed by atoms with E-state index < -0.39 is 48.0 Å². The number of piperazine rings is 1. The van der Waals surface area contributed by atoms with Gasteiger partial charge in [-0.15, -0.1) is 0 Å². The number of carboxylic acid groups (broad SMARTS) is 1. The van der Waals surface area contributed by atoms with Crippen molar-refractivity contribution < 1.29 is 67.2 Å². The Labute approximate surface area is 556 Å². The third kappa shape index (κ3) is 15.0. The van der Waals surface area contributed by atoms with Crippen molar-refractivity contribution in [3.63, 3.8) is 0 Å². The highest BCUT2D eigenvalue weighted by molar-refractivity contribution is 6.35. The number of carboxylic acids is 1. The van der Waals surface area contributed by atoms with Crippen LogP contribution in [-0.4, -0.2) is 163 Å². The number of carbonyl (C=O) groups is 9. The molecule has 5 aromatic carbocycles. The van der Waals surface area contributed by atoms with Gasteiger partial charge < -0.3 is 43.3 Å². The number of carbonyl (C=O) groups excluding carboxylic acids is 8. The Kier molecular flexibility index (Phi) is 21.9. The third-order valence-electron chi connectivity index (χ3n) is 17.4. The first-order valence-corrected chi connectivity index (χ1v) is 32.1. The van der Waals surface area contributed by atoms with Crippen molar-refractivity contribution in [1.29, 1.82) is 0 Å². The predicted octanol–water partition coefficient (Wildman–Crippen LogP) is 8.99. The number of rotatable bonds is 18. The number of benzene rings is 5. The van der Waals surface area contributed by atoms with E-state index in [1.54, 1.807) is 41.3 Å². The number of ether oxygens (including phenoxy) is 4. The summed E-state index contributed by atoms with van der Waals surface area (Å²) in [7, 11) is 1.91. The number of halogens is 1. The summed E-state index contributed by atoms with van der Waals surface area (Å²) in [5, 5.41) is 21.6. The zero-order chi connectivity index (χ0) is 67.3. The monoisotopic (exact) mass is 1320 g/mol. The molecule has 7 aromatic rings. The van der Waals surface area contributed by atoms with E-state index in [0.29, 0.717) is 103 Å². The lowest BCUT2D eigenvalue weighted by molar-refractivity contribution is -0.139. The smallest absolute Gasteiger partial charge is 0.355 e. The van der Waals surface area contributed by atoms with Crippen LogP contribution in [-0.2, 0) is 66.6 Å². The Morgan fingerprint density at radius 3 is 1.79 bits per heavy atom. The van der Waals surface area contributed by atoms with Crippen LogP contribution >= 0.6 is 11.6 Å². The lowest BCUT2D eigenvalue weighted by Gasteiger charge is -2.35. The molecule has 2 aromatic heterocycles. The van der Waals surface area contributed by atoms with Gasteiger partial charge in [-0.05, 0) is 108 Å². The van der Waals surface area contributed by atoms with Gasteiger partial charge in [0, 0.05) is 109 Å². The van der Waals surface area contributed by atoms with Gasteiger partial charge in [-0.3, -0.25) is 53.8 Å². The topological polar surface area (TPSA) is 271 Å². The highest BCUT2D eigenvalue weighted by Crippen LogP contribution is 2.43. The average molecular weight is 1320 g/mol.